The van der Waals surface area contributed by atoms with Gasteiger partial charge >= 0.3 is 0 Å². The number of nitrogens with one attached hydrogen (secondary N) is 1. The molecule has 0 spiro atoms. The van der Waals surface area contributed by atoms with Crippen molar-refractivity contribution in [2.24, 2.45) is 5.92 Å². The second-order valence-corrected chi connectivity index (χ2v) is 13.6. The summed E-state index contributed by atoms with van der Waals surface area (Å²) in [5.41, 5.74) is 1.56. The first kappa shape index (κ1) is 33.0. The number of rotatable bonds is 12. The van der Waals surface area contributed by atoms with E-state index in [0.717, 1.165) is 16.1 Å². The van der Waals surface area contributed by atoms with Crippen molar-refractivity contribution in [2.75, 3.05) is 23.7 Å². The maximum Gasteiger partial charge on any atom is 0.244 e. The zero-order valence-corrected chi connectivity index (χ0v) is 26.6. The van der Waals surface area contributed by atoms with Gasteiger partial charge in [0.15, 0.2) is 0 Å². The minimum absolute atomic E-state index is 0.0315. The van der Waals surface area contributed by atoms with E-state index in [9.17, 15) is 18.0 Å². The highest BCUT2D eigenvalue weighted by atomic mass is 35.5. The Balaban J connectivity index is 2.08. The Kier molecular flexibility index (Phi) is 11.8. The molecule has 0 aromatic heterocycles. The quantitative estimate of drug-likeness (QED) is 0.241. The lowest BCUT2D eigenvalue weighted by Crippen LogP contribution is -2.53. The second-order valence-electron chi connectivity index (χ2n) is 10.0. The number of anilines is 1. The Hall–Kier alpha value is -2.49. The molecule has 3 aromatic carbocycles. The van der Waals surface area contributed by atoms with Crippen molar-refractivity contribution < 1.29 is 18.0 Å². The van der Waals surface area contributed by atoms with E-state index in [1.807, 2.05) is 44.2 Å². The molecular formula is C29H31Cl4N3O4S. The first-order chi connectivity index (χ1) is 19.2. The third-order valence-electron chi connectivity index (χ3n) is 6.11. The van der Waals surface area contributed by atoms with Crippen molar-refractivity contribution in [3.63, 3.8) is 0 Å². The van der Waals surface area contributed by atoms with Gasteiger partial charge in [-0.05, 0) is 47.4 Å². The Morgan fingerprint density at radius 2 is 1.49 bits per heavy atom. The summed E-state index contributed by atoms with van der Waals surface area (Å²) in [6.45, 7) is 3.70. The average Bonchev–Trinajstić information content (AvgIpc) is 2.89. The van der Waals surface area contributed by atoms with Gasteiger partial charge in [0, 0.05) is 29.6 Å². The van der Waals surface area contributed by atoms with Crippen LogP contribution in [0.4, 0.5) is 5.69 Å². The summed E-state index contributed by atoms with van der Waals surface area (Å²) < 4.78 is 26.7. The normalized spacial score (nSPS) is 12.2. The summed E-state index contributed by atoms with van der Waals surface area (Å²) in [6, 6.07) is 17.5. The van der Waals surface area contributed by atoms with Crippen LogP contribution in [0.3, 0.4) is 0 Å². The lowest BCUT2D eigenvalue weighted by Gasteiger charge is -2.33. The molecule has 0 unspecified atom stereocenters. The Morgan fingerprint density at radius 1 is 0.854 bits per heavy atom. The molecule has 0 fully saturated rings. The van der Waals surface area contributed by atoms with E-state index >= 15 is 0 Å². The number of sulfonamides is 1. The Labute approximate surface area is 261 Å². The number of halogens is 4. The Bertz CT molecular complexity index is 1470. The molecule has 0 saturated heterocycles. The number of nitrogens with zero attached hydrogens (tertiary/aromatic N) is 2. The highest BCUT2D eigenvalue weighted by Gasteiger charge is 2.33. The topological polar surface area (TPSA) is 86.8 Å². The van der Waals surface area contributed by atoms with E-state index in [1.165, 1.54) is 23.1 Å². The van der Waals surface area contributed by atoms with Gasteiger partial charge in [0.1, 0.15) is 12.6 Å². The molecule has 220 valence electrons. The first-order valence-corrected chi connectivity index (χ1v) is 16.1. The zero-order valence-electron chi connectivity index (χ0n) is 22.8. The maximum absolute atomic E-state index is 14.1. The van der Waals surface area contributed by atoms with Crippen LogP contribution in [0.25, 0.3) is 0 Å². The monoisotopic (exact) mass is 657 g/mol. The molecule has 0 aliphatic rings. The van der Waals surface area contributed by atoms with Crippen molar-refractivity contribution in [1.29, 1.82) is 0 Å². The summed E-state index contributed by atoms with van der Waals surface area (Å²) in [5.74, 6) is -0.810. The molecule has 0 saturated carbocycles. The van der Waals surface area contributed by atoms with Gasteiger partial charge in [0.2, 0.25) is 21.8 Å². The van der Waals surface area contributed by atoms with Gasteiger partial charge in [-0.2, -0.15) is 0 Å². The van der Waals surface area contributed by atoms with Gasteiger partial charge < -0.3 is 10.2 Å². The number of hydrogen-bond donors (Lipinski definition) is 1. The summed E-state index contributed by atoms with van der Waals surface area (Å²) >= 11 is 24.7. The zero-order chi connectivity index (χ0) is 30.3. The fraction of sp³-hybridized carbons (Fsp3) is 0.310. The van der Waals surface area contributed by atoms with Crippen molar-refractivity contribution in [3.05, 3.63) is 97.9 Å². The second kappa shape index (κ2) is 14.6. The van der Waals surface area contributed by atoms with Gasteiger partial charge in [0.25, 0.3) is 0 Å². The third kappa shape index (κ3) is 9.79. The highest BCUT2D eigenvalue weighted by Crippen LogP contribution is 2.28. The predicted molar refractivity (Wildman–Crippen MR) is 167 cm³/mol. The molecule has 41 heavy (non-hydrogen) atoms. The van der Waals surface area contributed by atoms with Gasteiger partial charge in [0.05, 0.1) is 22.0 Å². The molecule has 0 radical (unpaired) electrons. The van der Waals surface area contributed by atoms with Crippen LogP contribution in [0, 0.1) is 5.92 Å². The lowest BCUT2D eigenvalue weighted by molar-refractivity contribution is -0.140. The molecule has 3 aromatic rings. The number of carbonyl (C=O) groups is 2. The molecule has 1 atom stereocenters. The minimum Gasteiger partial charge on any atom is -0.354 e. The largest absolute Gasteiger partial charge is 0.354 e. The Morgan fingerprint density at radius 3 is 2.05 bits per heavy atom. The third-order valence-corrected chi connectivity index (χ3v) is 8.42. The molecule has 3 rings (SSSR count). The van der Waals surface area contributed by atoms with Gasteiger partial charge in [-0.1, -0.05) is 96.6 Å². The summed E-state index contributed by atoms with van der Waals surface area (Å²) in [7, 11) is -3.96. The van der Waals surface area contributed by atoms with Crippen molar-refractivity contribution >= 4 is 73.9 Å². The van der Waals surface area contributed by atoms with E-state index in [1.54, 1.807) is 18.2 Å². The van der Waals surface area contributed by atoms with Crippen LogP contribution in [0.5, 0.6) is 0 Å². The number of benzene rings is 3. The molecule has 0 aliphatic carbocycles. The molecule has 7 nitrogen and oxygen atoms in total. The maximum atomic E-state index is 14.1. The predicted octanol–water partition coefficient (Wildman–Crippen LogP) is 6.48. The summed E-state index contributed by atoms with van der Waals surface area (Å²) in [5, 5.41) is 3.96. The average molecular weight is 659 g/mol. The first-order valence-electron chi connectivity index (χ1n) is 12.7. The fourth-order valence-corrected chi connectivity index (χ4v) is 5.78. The van der Waals surface area contributed by atoms with Crippen LogP contribution >= 0.6 is 46.4 Å². The smallest absolute Gasteiger partial charge is 0.244 e. The van der Waals surface area contributed by atoms with Gasteiger partial charge in [-0.15, -0.1) is 0 Å². The van der Waals surface area contributed by atoms with Crippen LogP contribution in [-0.2, 0) is 32.6 Å². The number of amides is 2. The van der Waals surface area contributed by atoms with E-state index in [-0.39, 0.29) is 45.5 Å². The summed E-state index contributed by atoms with van der Waals surface area (Å²) in [4.78, 5) is 29.1. The van der Waals surface area contributed by atoms with Gasteiger partial charge in [-0.25, -0.2) is 8.42 Å². The number of carbonyl (C=O) groups excluding carboxylic acids is 2. The van der Waals surface area contributed by atoms with Crippen LogP contribution < -0.4 is 9.62 Å². The molecule has 1 N–H and O–H groups in total. The molecule has 0 heterocycles. The molecule has 0 aliphatic heterocycles. The van der Waals surface area contributed by atoms with E-state index in [4.69, 9.17) is 46.4 Å². The standard InChI is InChI=1S/C29H31Cl4N3O4S/c1-19(2)16-34-29(38)27(12-20-7-5-4-6-8-20)35(17-21-9-10-25(32)26(33)11-21)28(37)18-36(41(3,39)40)24-14-22(30)13-23(31)15-24/h4-11,13-15,19,27H,12,16-18H2,1-3H3,(H,34,38)/t27-/m1/s1. The number of hydrogen-bond acceptors (Lipinski definition) is 4. The van der Waals surface area contributed by atoms with E-state index < -0.39 is 28.5 Å². The van der Waals surface area contributed by atoms with E-state index in [2.05, 4.69) is 5.32 Å². The molecular weight excluding hydrogens is 628 g/mol. The molecule has 2 amide bonds. The van der Waals surface area contributed by atoms with Crippen LogP contribution in [0.1, 0.15) is 25.0 Å². The van der Waals surface area contributed by atoms with Crippen LogP contribution in [0.15, 0.2) is 66.7 Å². The van der Waals surface area contributed by atoms with Crippen molar-refractivity contribution in [1.82, 2.24) is 10.2 Å². The van der Waals surface area contributed by atoms with Crippen LogP contribution in [0.2, 0.25) is 20.1 Å². The lowest BCUT2D eigenvalue weighted by atomic mass is 10.0. The molecule has 12 heteroatoms. The van der Waals surface area contributed by atoms with Crippen molar-refractivity contribution in [2.45, 2.75) is 32.9 Å². The van der Waals surface area contributed by atoms with Crippen molar-refractivity contribution in [3.8, 4) is 0 Å². The highest BCUT2D eigenvalue weighted by molar-refractivity contribution is 7.92. The van der Waals surface area contributed by atoms with Crippen LogP contribution in [-0.4, -0.2) is 50.5 Å². The summed E-state index contributed by atoms with van der Waals surface area (Å²) in [6.07, 6.45) is 1.18. The minimum atomic E-state index is -3.96. The van der Waals surface area contributed by atoms with E-state index in [0.29, 0.717) is 17.1 Å². The molecule has 0 bridgehead atoms. The van der Waals surface area contributed by atoms with Gasteiger partial charge in [-0.3, -0.25) is 13.9 Å². The fourth-order valence-electron chi connectivity index (χ4n) is 4.11. The SMILES string of the molecule is CC(C)CNC(=O)[C@@H](Cc1ccccc1)N(Cc1ccc(Cl)c(Cl)c1)C(=O)CN(c1cc(Cl)cc(Cl)c1)S(C)(=O)=O.